The standard InChI is InChI=1S/C16H29N3O2.ClH/c1-13(12-17)16(21)19-9-7-18(8-10-19)15(20)11-14-5-3-2-4-6-14;/h13-14H,2-12,17H2,1H3;1H. The fourth-order valence-corrected chi connectivity index (χ4v) is 3.36. The number of hydrogen-bond donors (Lipinski definition) is 1. The Morgan fingerprint density at radius 3 is 2.14 bits per heavy atom. The number of rotatable bonds is 4. The first kappa shape index (κ1) is 19.2. The Balaban J connectivity index is 0.00000242. The largest absolute Gasteiger partial charge is 0.339 e. The minimum Gasteiger partial charge on any atom is -0.339 e. The van der Waals surface area contributed by atoms with Crippen molar-refractivity contribution in [3.05, 3.63) is 0 Å². The Morgan fingerprint density at radius 2 is 1.59 bits per heavy atom. The van der Waals surface area contributed by atoms with Crippen molar-refractivity contribution < 1.29 is 9.59 Å². The minimum absolute atomic E-state index is 0. The molecule has 22 heavy (non-hydrogen) atoms. The Labute approximate surface area is 140 Å². The Morgan fingerprint density at radius 1 is 1.05 bits per heavy atom. The highest BCUT2D eigenvalue weighted by Crippen LogP contribution is 2.27. The molecule has 1 unspecified atom stereocenters. The number of nitrogens with two attached hydrogens (primary N) is 1. The monoisotopic (exact) mass is 331 g/mol. The summed E-state index contributed by atoms with van der Waals surface area (Å²) in [4.78, 5) is 28.2. The van der Waals surface area contributed by atoms with Gasteiger partial charge in [0.2, 0.25) is 11.8 Å². The molecule has 6 heteroatoms. The van der Waals surface area contributed by atoms with Gasteiger partial charge in [0.25, 0.3) is 0 Å². The molecule has 1 aliphatic carbocycles. The molecule has 2 N–H and O–H groups in total. The number of halogens is 1. The minimum atomic E-state index is -0.116. The molecular weight excluding hydrogens is 302 g/mol. The molecule has 2 aliphatic rings. The molecule has 2 rings (SSSR count). The van der Waals surface area contributed by atoms with Crippen LogP contribution in [0.5, 0.6) is 0 Å². The Kier molecular flexibility index (Phi) is 8.18. The zero-order valence-corrected chi connectivity index (χ0v) is 14.4. The molecule has 0 spiro atoms. The highest BCUT2D eigenvalue weighted by atomic mass is 35.5. The third kappa shape index (κ3) is 5.13. The van der Waals surface area contributed by atoms with E-state index in [2.05, 4.69) is 0 Å². The van der Waals surface area contributed by atoms with Gasteiger partial charge in [-0.15, -0.1) is 12.4 Å². The van der Waals surface area contributed by atoms with E-state index >= 15 is 0 Å². The van der Waals surface area contributed by atoms with Crippen molar-refractivity contribution in [3.8, 4) is 0 Å². The lowest BCUT2D eigenvalue weighted by Crippen LogP contribution is -2.52. The maximum Gasteiger partial charge on any atom is 0.226 e. The maximum atomic E-state index is 12.3. The summed E-state index contributed by atoms with van der Waals surface area (Å²) in [6.07, 6.45) is 6.99. The highest BCUT2D eigenvalue weighted by Gasteiger charge is 2.27. The lowest BCUT2D eigenvalue weighted by molar-refractivity contribution is -0.142. The van der Waals surface area contributed by atoms with Gasteiger partial charge in [-0.25, -0.2) is 0 Å². The highest BCUT2D eigenvalue weighted by molar-refractivity contribution is 5.85. The van der Waals surface area contributed by atoms with Crippen LogP contribution >= 0.6 is 12.4 Å². The van der Waals surface area contributed by atoms with E-state index in [0.29, 0.717) is 45.1 Å². The van der Waals surface area contributed by atoms with Crippen LogP contribution in [-0.4, -0.2) is 54.3 Å². The predicted octanol–water partition coefficient (Wildman–Crippen LogP) is 1.64. The van der Waals surface area contributed by atoms with Gasteiger partial charge in [-0.2, -0.15) is 0 Å². The average molecular weight is 332 g/mol. The lowest BCUT2D eigenvalue weighted by Gasteiger charge is -2.36. The summed E-state index contributed by atoms with van der Waals surface area (Å²) >= 11 is 0. The van der Waals surface area contributed by atoms with Gasteiger partial charge in [-0.1, -0.05) is 26.2 Å². The second-order valence-corrected chi connectivity index (χ2v) is 6.55. The average Bonchev–Trinajstić information content (AvgIpc) is 2.54. The molecule has 0 bridgehead atoms. The summed E-state index contributed by atoms with van der Waals surface area (Å²) in [5, 5.41) is 0. The summed E-state index contributed by atoms with van der Waals surface area (Å²) < 4.78 is 0. The van der Waals surface area contributed by atoms with Gasteiger partial charge in [-0.05, 0) is 18.8 Å². The van der Waals surface area contributed by atoms with Crippen molar-refractivity contribution >= 4 is 24.2 Å². The van der Waals surface area contributed by atoms with Crippen LogP contribution < -0.4 is 5.73 Å². The van der Waals surface area contributed by atoms with Crippen LogP contribution in [0, 0.1) is 11.8 Å². The number of carbonyl (C=O) groups is 2. The third-order valence-corrected chi connectivity index (χ3v) is 4.91. The van der Waals surface area contributed by atoms with E-state index in [1.165, 1.54) is 32.1 Å². The van der Waals surface area contributed by atoms with Crippen LogP contribution in [0.25, 0.3) is 0 Å². The lowest BCUT2D eigenvalue weighted by atomic mass is 9.86. The normalized spacial score (nSPS) is 21.2. The first-order valence-electron chi connectivity index (χ1n) is 8.38. The Hall–Kier alpha value is -0.810. The van der Waals surface area contributed by atoms with E-state index in [0.717, 1.165) is 0 Å². The number of hydrogen-bond acceptors (Lipinski definition) is 3. The quantitative estimate of drug-likeness (QED) is 0.851. The first-order chi connectivity index (χ1) is 10.1. The zero-order valence-electron chi connectivity index (χ0n) is 13.6. The summed E-state index contributed by atoms with van der Waals surface area (Å²) in [5.41, 5.74) is 5.55. The maximum absolute atomic E-state index is 12.3. The van der Waals surface area contributed by atoms with Gasteiger partial charge in [0.15, 0.2) is 0 Å². The van der Waals surface area contributed by atoms with E-state index in [9.17, 15) is 9.59 Å². The van der Waals surface area contributed by atoms with Crippen LogP contribution in [0.2, 0.25) is 0 Å². The molecule has 1 heterocycles. The van der Waals surface area contributed by atoms with Crippen molar-refractivity contribution in [2.75, 3.05) is 32.7 Å². The predicted molar refractivity (Wildman–Crippen MR) is 89.8 cm³/mol. The molecule has 0 aromatic heterocycles. The summed E-state index contributed by atoms with van der Waals surface area (Å²) in [6, 6.07) is 0. The molecule has 1 atom stereocenters. The fourth-order valence-electron chi connectivity index (χ4n) is 3.36. The molecule has 5 nitrogen and oxygen atoms in total. The van der Waals surface area contributed by atoms with Crippen molar-refractivity contribution in [1.29, 1.82) is 0 Å². The summed E-state index contributed by atoms with van der Waals surface area (Å²) in [7, 11) is 0. The number of amides is 2. The molecule has 1 saturated heterocycles. The molecule has 0 radical (unpaired) electrons. The number of nitrogens with zero attached hydrogens (tertiary/aromatic N) is 2. The van der Waals surface area contributed by atoms with E-state index in [4.69, 9.17) is 5.73 Å². The molecule has 2 fully saturated rings. The smallest absolute Gasteiger partial charge is 0.226 e. The molecular formula is C16H30ClN3O2. The summed E-state index contributed by atoms with van der Waals surface area (Å²) in [6.45, 7) is 4.91. The molecule has 1 saturated carbocycles. The number of carbonyl (C=O) groups excluding carboxylic acids is 2. The van der Waals surface area contributed by atoms with Gasteiger partial charge in [-0.3, -0.25) is 9.59 Å². The fraction of sp³-hybridized carbons (Fsp3) is 0.875. The van der Waals surface area contributed by atoms with Gasteiger partial charge >= 0.3 is 0 Å². The van der Waals surface area contributed by atoms with E-state index in [1.54, 1.807) is 0 Å². The van der Waals surface area contributed by atoms with Crippen LogP contribution in [0.4, 0.5) is 0 Å². The summed E-state index contributed by atoms with van der Waals surface area (Å²) in [5.74, 6) is 0.871. The Bertz CT molecular complexity index is 364. The van der Waals surface area contributed by atoms with Gasteiger partial charge in [0.05, 0.1) is 0 Å². The molecule has 1 aliphatic heterocycles. The van der Waals surface area contributed by atoms with E-state index in [-0.39, 0.29) is 30.1 Å². The topological polar surface area (TPSA) is 66.6 Å². The second kappa shape index (κ2) is 9.36. The van der Waals surface area contributed by atoms with Crippen molar-refractivity contribution in [2.24, 2.45) is 17.6 Å². The van der Waals surface area contributed by atoms with Crippen molar-refractivity contribution in [1.82, 2.24) is 9.80 Å². The third-order valence-electron chi connectivity index (χ3n) is 4.91. The van der Waals surface area contributed by atoms with Gasteiger partial charge in [0.1, 0.15) is 0 Å². The number of piperazine rings is 1. The van der Waals surface area contributed by atoms with Gasteiger partial charge < -0.3 is 15.5 Å². The zero-order chi connectivity index (χ0) is 15.2. The van der Waals surface area contributed by atoms with Gasteiger partial charge in [0, 0.05) is 45.1 Å². The molecule has 2 amide bonds. The SMILES string of the molecule is CC(CN)C(=O)N1CCN(C(=O)CC2CCCCC2)CC1.Cl. The van der Waals surface area contributed by atoms with Crippen molar-refractivity contribution in [2.45, 2.75) is 45.4 Å². The van der Waals surface area contributed by atoms with E-state index < -0.39 is 0 Å². The van der Waals surface area contributed by atoms with Crippen molar-refractivity contribution in [3.63, 3.8) is 0 Å². The second-order valence-electron chi connectivity index (χ2n) is 6.55. The van der Waals surface area contributed by atoms with E-state index in [1.807, 2.05) is 16.7 Å². The van der Waals surface area contributed by atoms with Crippen LogP contribution in [0.3, 0.4) is 0 Å². The molecule has 0 aromatic rings. The van der Waals surface area contributed by atoms with Crippen LogP contribution in [0.1, 0.15) is 45.4 Å². The van der Waals surface area contributed by atoms with Crippen LogP contribution in [0.15, 0.2) is 0 Å². The molecule has 128 valence electrons. The molecule has 0 aromatic carbocycles. The first-order valence-corrected chi connectivity index (χ1v) is 8.38. The van der Waals surface area contributed by atoms with Crippen LogP contribution in [-0.2, 0) is 9.59 Å².